The average Bonchev–Trinajstić information content (AvgIpc) is 2.63. The summed E-state index contributed by atoms with van der Waals surface area (Å²) in [5.41, 5.74) is 6.51. The highest BCUT2D eigenvalue weighted by atomic mass is 32.2. The number of anilines is 1. The fourth-order valence-corrected chi connectivity index (χ4v) is 3.63. The summed E-state index contributed by atoms with van der Waals surface area (Å²) in [5.74, 6) is -0.106. The number of aryl methyl sites for hydroxylation is 1. The van der Waals surface area contributed by atoms with Crippen molar-refractivity contribution in [2.24, 2.45) is 0 Å². The minimum atomic E-state index is -3.41. The molecule has 0 aliphatic carbocycles. The van der Waals surface area contributed by atoms with Crippen molar-refractivity contribution >= 4 is 26.9 Å². The molecule has 0 saturated carbocycles. The van der Waals surface area contributed by atoms with E-state index in [4.69, 9.17) is 5.73 Å². The quantitative estimate of drug-likeness (QED) is 0.864. The summed E-state index contributed by atoms with van der Waals surface area (Å²) in [5, 5.41) is 2.61. The summed E-state index contributed by atoms with van der Waals surface area (Å²) < 4.78 is 24.2. The second-order valence-corrected chi connectivity index (χ2v) is 6.67. The topological polar surface area (TPSA) is 73.0 Å². The Bertz CT molecular complexity index is 632. The number of para-hydroxylation sites is 1. The van der Waals surface area contributed by atoms with Gasteiger partial charge in [0.15, 0.2) is 9.84 Å². The van der Waals surface area contributed by atoms with Crippen LogP contribution < -0.4 is 5.73 Å². The molecule has 1 aromatic heterocycles. The Hall–Kier alpha value is -1.40. The van der Waals surface area contributed by atoms with Gasteiger partial charge in [0.25, 0.3) is 0 Å². The number of sulfone groups is 1. The fourth-order valence-electron chi connectivity index (χ4n) is 1.51. The Morgan fingerprint density at radius 1 is 1.35 bits per heavy atom. The second kappa shape index (κ2) is 4.46. The molecule has 90 valence electrons. The Kier molecular flexibility index (Phi) is 3.17. The number of hydrogen-bond acceptors (Lipinski definition) is 5. The van der Waals surface area contributed by atoms with E-state index in [0.717, 1.165) is 5.01 Å². The molecule has 0 fully saturated rings. The lowest BCUT2D eigenvalue weighted by atomic mass is 10.3. The van der Waals surface area contributed by atoms with E-state index in [1.807, 2.05) is 6.92 Å². The first-order valence-electron chi connectivity index (χ1n) is 4.97. The lowest BCUT2D eigenvalue weighted by Crippen LogP contribution is -2.08. The van der Waals surface area contributed by atoms with Gasteiger partial charge in [0.2, 0.25) is 0 Å². The number of hydrogen-bond donors (Lipinski definition) is 1. The van der Waals surface area contributed by atoms with Gasteiger partial charge in [-0.25, -0.2) is 13.4 Å². The molecular weight excluding hydrogens is 256 g/mol. The maximum Gasteiger partial charge on any atom is 0.186 e. The Balaban J connectivity index is 2.35. The van der Waals surface area contributed by atoms with Crippen LogP contribution in [0.4, 0.5) is 5.69 Å². The van der Waals surface area contributed by atoms with Crippen molar-refractivity contribution in [2.45, 2.75) is 17.6 Å². The first kappa shape index (κ1) is 12.1. The van der Waals surface area contributed by atoms with Crippen LogP contribution in [-0.4, -0.2) is 13.4 Å². The maximum absolute atomic E-state index is 12.1. The van der Waals surface area contributed by atoms with E-state index in [1.54, 1.807) is 23.6 Å². The molecule has 17 heavy (non-hydrogen) atoms. The van der Waals surface area contributed by atoms with Gasteiger partial charge in [0, 0.05) is 5.38 Å². The van der Waals surface area contributed by atoms with E-state index in [1.165, 1.54) is 17.4 Å². The molecule has 2 rings (SSSR count). The Morgan fingerprint density at radius 2 is 2.06 bits per heavy atom. The van der Waals surface area contributed by atoms with Crippen LogP contribution in [0, 0.1) is 6.92 Å². The molecule has 2 N–H and O–H groups in total. The predicted molar refractivity (Wildman–Crippen MR) is 68.6 cm³/mol. The van der Waals surface area contributed by atoms with E-state index >= 15 is 0 Å². The van der Waals surface area contributed by atoms with E-state index in [2.05, 4.69) is 4.98 Å². The summed E-state index contributed by atoms with van der Waals surface area (Å²) in [7, 11) is -3.41. The van der Waals surface area contributed by atoms with Gasteiger partial charge in [0.05, 0.1) is 27.0 Å². The third-order valence-electron chi connectivity index (χ3n) is 2.26. The highest BCUT2D eigenvalue weighted by Gasteiger charge is 2.19. The number of thiazole rings is 1. The van der Waals surface area contributed by atoms with Gasteiger partial charge in [-0.05, 0) is 19.1 Å². The van der Waals surface area contributed by atoms with Crippen LogP contribution in [0.1, 0.15) is 10.7 Å². The summed E-state index contributed by atoms with van der Waals surface area (Å²) in [4.78, 5) is 4.32. The van der Waals surface area contributed by atoms with Crippen LogP contribution >= 0.6 is 11.3 Å². The van der Waals surface area contributed by atoms with E-state index in [9.17, 15) is 8.42 Å². The van der Waals surface area contributed by atoms with Crippen LogP contribution in [0.15, 0.2) is 34.5 Å². The lowest BCUT2D eigenvalue weighted by molar-refractivity contribution is 0.595. The summed E-state index contributed by atoms with van der Waals surface area (Å²) in [6.45, 7) is 1.84. The van der Waals surface area contributed by atoms with Gasteiger partial charge in [0.1, 0.15) is 0 Å². The van der Waals surface area contributed by atoms with Crippen molar-refractivity contribution in [1.29, 1.82) is 0 Å². The van der Waals surface area contributed by atoms with E-state index in [0.29, 0.717) is 5.69 Å². The molecule has 0 radical (unpaired) electrons. The Morgan fingerprint density at radius 3 is 2.65 bits per heavy atom. The SMILES string of the molecule is Cc1nc(CS(=O)(=O)c2ccccc2N)cs1. The van der Waals surface area contributed by atoms with Crippen LogP contribution in [0.25, 0.3) is 0 Å². The van der Waals surface area contributed by atoms with Crippen LogP contribution in [-0.2, 0) is 15.6 Å². The zero-order chi connectivity index (χ0) is 12.5. The summed E-state index contributed by atoms with van der Waals surface area (Å²) in [6, 6.07) is 6.47. The van der Waals surface area contributed by atoms with Crippen molar-refractivity contribution in [3.8, 4) is 0 Å². The molecule has 4 nitrogen and oxygen atoms in total. The largest absolute Gasteiger partial charge is 0.398 e. The molecule has 0 aliphatic rings. The molecule has 0 atom stereocenters. The van der Waals surface area contributed by atoms with Crippen molar-refractivity contribution in [1.82, 2.24) is 4.98 Å². The monoisotopic (exact) mass is 268 g/mol. The zero-order valence-corrected chi connectivity index (χ0v) is 10.9. The van der Waals surface area contributed by atoms with Crippen LogP contribution in [0.2, 0.25) is 0 Å². The highest BCUT2D eigenvalue weighted by molar-refractivity contribution is 7.90. The van der Waals surface area contributed by atoms with Gasteiger partial charge in [-0.3, -0.25) is 0 Å². The smallest absolute Gasteiger partial charge is 0.186 e. The molecule has 0 amide bonds. The van der Waals surface area contributed by atoms with Crippen molar-refractivity contribution in [3.05, 3.63) is 40.3 Å². The summed E-state index contributed by atoms with van der Waals surface area (Å²) >= 11 is 1.44. The number of rotatable bonds is 3. The normalized spacial score (nSPS) is 11.6. The first-order valence-corrected chi connectivity index (χ1v) is 7.50. The lowest BCUT2D eigenvalue weighted by Gasteiger charge is -2.05. The molecule has 0 aliphatic heterocycles. The van der Waals surface area contributed by atoms with Crippen molar-refractivity contribution < 1.29 is 8.42 Å². The van der Waals surface area contributed by atoms with Gasteiger partial charge >= 0.3 is 0 Å². The standard InChI is InChI=1S/C11H12N2O2S2/c1-8-13-9(6-16-8)7-17(14,15)11-5-3-2-4-10(11)12/h2-6H,7,12H2,1H3. The molecule has 0 unspecified atom stereocenters. The van der Waals surface area contributed by atoms with Crippen molar-refractivity contribution in [3.63, 3.8) is 0 Å². The molecule has 2 aromatic rings. The third-order valence-corrected chi connectivity index (χ3v) is 4.80. The third kappa shape index (κ3) is 2.65. The van der Waals surface area contributed by atoms with Crippen molar-refractivity contribution in [2.75, 3.05) is 5.73 Å². The molecule has 0 saturated heterocycles. The molecule has 0 spiro atoms. The molecule has 1 aromatic carbocycles. The maximum atomic E-state index is 12.1. The Labute approximate surface area is 104 Å². The number of nitrogens with two attached hydrogens (primary N) is 1. The minimum Gasteiger partial charge on any atom is -0.398 e. The number of aromatic nitrogens is 1. The fraction of sp³-hybridized carbons (Fsp3) is 0.182. The summed E-state index contributed by atoms with van der Waals surface area (Å²) in [6.07, 6.45) is 0. The molecular formula is C11H12N2O2S2. The molecule has 6 heteroatoms. The number of nitrogen functional groups attached to an aromatic ring is 1. The number of nitrogens with zero attached hydrogens (tertiary/aromatic N) is 1. The molecule has 0 bridgehead atoms. The first-order chi connectivity index (χ1) is 7.99. The van der Waals surface area contributed by atoms with Gasteiger partial charge < -0.3 is 5.73 Å². The highest BCUT2D eigenvalue weighted by Crippen LogP contribution is 2.22. The predicted octanol–water partition coefficient (Wildman–Crippen LogP) is 2.01. The molecule has 1 heterocycles. The van der Waals surface area contributed by atoms with Gasteiger partial charge in [-0.2, -0.15) is 0 Å². The second-order valence-electron chi connectivity index (χ2n) is 3.65. The van der Waals surface area contributed by atoms with E-state index < -0.39 is 9.84 Å². The van der Waals surface area contributed by atoms with Crippen LogP contribution in [0.5, 0.6) is 0 Å². The van der Waals surface area contributed by atoms with Gasteiger partial charge in [-0.1, -0.05) is 12.1 Å². The van der Waals surface area contributed by atoms with Crippen LogP contribution in [0.3, 0.4) is 0 Å². The minimum absolute atomic E-state index is 0.106. The number of benzene rings is 1. The average molecular weight is 268 g/mol. The zero-order valence-electron chi connectivity index (χ0n) is 9.25. The van der Waals surface area contributed by atoms with E-state index in [-0.39, 0.29) is 16.3 Å². The van der Waals surface area contributed by atoms with Gasteiger partial charge in [-0.15, -0.1) is 11.3 Å².